The van der Waals surface area contributed by atoms with E-state index in [2.05, 4.69) is 31.2 Å². The molecule has 1 aromatic rings. The normalized spacial score (nSPS) is 19.2. The second kappa shape index (κ2) is 5.63. The van der Waals surface area contributed by atoms with Crippen LogP contribution in [0.5, 0.6) is 0 Å². The molecule has 2 N–H and O–H groups in total. The van der Waals surface area contributed by atoms with Gasteiger partial charge in [0.05, 0.1) is 19.8 Å². The fraction of sp³-hybridized carbons (Fsp3) is 0.571. The van der Waals surface area contributed by atoms with E-state index in [1.807, 2.05) is 0 Å². The summed E-state index contributed by atoms with van der Waals surface area (Å²) >= 11 is 0. The lowest BCUT2D eigenvalue weighted by Gasteiger charge is -2.36. The van der Waals surface area contributed by atoms with Crippen molar-refractivity contribution in [2.45, 2.75) is 32.0 Å². The highest BCUT2D eigenvalue weighted by molar-refractivity contribution is 5.26. The first-order valence-electron chi connectivity index (χ1n) is 6.38. The molecular formula is C14H21NO2. The molecule has 0 unspecified atom stereocenters. The van der Waals surface area contributed by atoms with Gasteiger partial charge in [-0.1, -0.05) is 37.6 Å². The van der Waals surface area contributed by atoms with Gasteiger partial charge in [0, 0.05) is 5.56 Å². The molecule has 1 saturated heterocycles. The standard InChI is InChI=1S/C14H21NO2/c1-2-4-12-5-7-13(8-6-12)14(11-15)16-9-3-10-17-14/h5-8H,2-4,9-11,15H2,1H3. The van der Waals surface area contributed by atoms with Crippen LogP contribution >= 0.6 is 0 Å². The van der Waals surface area contributed by atoms with Crippen molar-refractivity contribution < 1.29 is 9.47 Å². The highest BCUT2D eigenvalue weighted by Gasteiger charge is 2.35. The third-order valence-electron chi connectivity index (χ3n) is 3.16. The number of benzene rings is 1. The maximum Gasteiger partial charge on any atom is 0.207 e. The lowest BCUT2D eigenvalue weighted by molar-refractivity contribution is -0.269. The van der Waals surface area contributed by atoms with Crippen molar-refractivity contribution >= 4 is 0 Å². The molecule has 0 bridgehead atoms. The van der Waals surface area contributed by atoms with Crippen molar-refractivity contribution in [3.05, 3.63) is 35.4 Å². The number of aryl methyl sites for hydroxylation is 1. The summed E-state index contributed by atoms with van der Waals surface area (Å²) in [7, 11) is 0. The minimum atomic E-state index is -0.719. The molecule has 2 rings (SSSR count). The van der Waals surface area contributed by atoms with E-state index >= 15 is 0 Å². The van der Waals surface area contributed by atoms with E-state index in [0.717, 1.165) is 24.8 Å². The Morgan fingerprint density at radius 2 is 1.82 bits per heavy atom. The molecule has 0 spiro atoms. The molecule has 3 heteroatoms. The zero-order valence-corrected chi connectivity index (χ0v) is 10.4. The molecule has 1 aliphatic heterocycles. The quantitative estimate of drug-likeness (QED) is 0.870. The van der Waals surface area contributed by atoms with Gasteiger partial charge in [-0.05, 0) is 18.4 Å². The minimum absolute atomic E-state index is 0.361. The summed E-state index contributed by atoms with van der Waals surface area (Å²) in [6.07, 6.45) is 3.21. The molecule has 0 radical (unpaired) electrons. The fourth-order valence-electron chi connectivity index (χ4n) is 2.19. The Hall–Kier alpha value is -0.900. The Balaban J connectivity index is 2.18. The van der Waals surface area contributed by atoms with Crippen molar-refractivity contribution in [1.82, 2.24) is 0 Å². The van der Waals surface area contributed by atoms with E-state index in [-0.39, 0.29) is 0 Å². The number of nitrogens with two attached hydrogens (primary N) is 1. The van der Waals surface area contributed by atoms with E-state index in [1.54, 1.807) is 0 Å². The first kappa shape index (κ1) is 12.6. The lowest BCUT2D eigenvalue weighted by atomic mass is 10.0. The van der Waals surface area contributed by atoms with Gasteiger partial charge in [0.1, 0.15) is 0 Å². The molecule has 0 aliphatic carbocycles. The molecule has 17 heavy (non-hydrogen) atoms. The summed E-state index contributed by atoms with van der Waals surface area (Å²) in [6.45, 7) is 3.98. The largest absolute Gasteiger partial charge is 0.345 e. The summed E-state index contributed by atoms with van der Waals surface area (Å²) in [5.41, 5.74) is 8.19. The van der Waals surface area contributed by atoms with Crippen molar-refractivity contribution in [1.29, 1.82) is 0 Å². The lowest BCUT2D eigenvalue weighted by Crippen LogP contribution is -2.44. The topological polar surface area (TPSA) is 44.5 Å². The van der Waals surface area contributed by atoms with E-state index in [0.29, 0.717) is 19.8 Å². The summed E-state index contributed by atoms with van der Waals surface area (Å²) in [5.74, 6) is -0.719. The highest BCUT2D eigenvalue weighted by atomic mass is 16.7. The first-order chi connectivity index (χ1) is 8.30. The van der Waals surface area contributed by atoms with Crippen LogP contribution in [0, 0.1) is 0 Å². The summed E-state index contributed by atoms with van der Waals surface area (Å²) < 4.78 is 11.5. The van der Waals surface area contributed by atoms with E-state index in [4.69, 9.17) is 15.2 Å². The van der Waals surface area contributed by atoms with Crippen molar-refractivity contribution in [3.63, 3.8) is 0 Å². The van der Waals surface area contributed by atoms with E-state index in [9.17, 15) is 0 Å². The second-order valence-electron chi connectivity index (χ2n) is 4.45. The molecule has 3 nitrogen and oxygen atoms in total. The van der Waals surface area contributed by atoms with Gasteiger partial charge in [-0.15, -0.1) is 0 Å². The van der Waals surface area contributed by atoms with Crippen LogP contribution in [0.1, 0.15) is 30.9 Å². The first-order valence-corrected chi connectivity index (χ1v) is 6.38. The highest BCUT2D eigenvalue weighted by Crippen LogP contribution is 2.29. The van der Waals surface area contributed by atoms with E-state index in [1.165, 1.54) is 5.56 Å². The van der Waals surface area contributed by atoms with Gasteiger partial charge in [-0.3, -0.25) is 0 Å². The molecule has 94 valence electrons. The Kier molecular flexibility index (Phi) is 4.15. The van der Waals surface area contributed by atoms with Crippen LogP contribution < -0.4 is 5.73 Å². The van der Waals surface area contributed by atoms with Gasteiger partial charge in [0.15, 0.2) is 0 Å². The van der Waals surface area contributed by atoms with Crippen LogP contribution in [0.2, 0.25) is 0 Å². The number of ether oxygens (including phenoxy) is 2. The molecule has 1 heterocycles. The molecule has 1 aliphatic rings. The van der Waals surface area contributed by atoms with Gasteiger partial charge < -0.3 is 15.2 Å². The number of hydrogen-bond acceptors (Lipinski definition) is 3. The second-order valence-corrected chi connectivity index (χ2v) is 4.45. The van der Waals surface area contributed by atoms with Crippen LogP contribution in [-0.2, 0) is 21.7 Å². The van der Waals surface area contributed by atoms with Crippen LogP contribution in [0.3, 0.4) is 0 Å². The Bertz CT molecular complexity index is 342. The predicted molar refractivity (Wildman–Crippen MR) is 67.7 cm³/mol. The molecule has 1 aromatic carbocycles. The van der Waals surface area contributed by atoms with Crippen LogP contribution in [0.4, 0.5) is 0 Å². The van der Waals surface area contributed by atoms with Crippen molar-refractivity contribution in [2.75, 3.05) is 19.8 Å². The average Bonchev–Trinajstić information content (AvgIpc) is 2.41. The summed E-state index contributed by atoms with van der Waals surface area (Å²) in [5, 5.41) is 0. The van der Waals surface area contributed by atoms with Gasteiger partial charge in [-0.25, -0.2) is 0 Å². The summed E-state index contributed by atoms with van der Waals surface area (Å²) in [4.78, 5) is 0. The minimum Gasteiger partial charge on any atom is -0.345 e. The van der Waals surface area contributed by atoms with Gasteiger partial charge in [-0.2, -0.15) is 0 Å². The molecule has 0 aromatic heterocycles. The van der Waals surface area contributed by atoms with Crippen LogP contribution in [0.25, 0.3) is 0 Å². The van der Waals surface area contributed by atoms with Gasteiger partial charge >= 0.3 is 0 Å². The summed E-state index contributed by atoms with van der Waals surface area (Å²) in [6, 6.07) is 8.42. The maximum absolute atomic E-state index is 5.82. The van der Waals surface area contributed by atoms with Gasteiger partial charge in [0.25, 0.3) is 0 Å². The number of rotatable bonds is 4. The average molecular weight is 235 g/mol. The van der Waals surface area contributed by atoms with Crippen molar-refractivity contribution in [2.24, 2.45) is 5.73 Å². The monoisotopic (exact) mass is 235 g/mol. The fourth-order valence-corrected chi connectivity index (χ4v) is 2.19. The Morgan fingerprint density at radius 1 is 1.18 bits per heavy atom. The SMILES string of the molecule is CCCc1ccc(C2(CN)OCCCO2)cc1. The molecule has 0 amide bonds. The molecule has 1 fully saturated rings. The van der Waals surface area contributed by atoms with Gasteiger partial charge in [0.2, 0.25) is 5.79 Å². The molecule has 0 saturated carbocycles. The number of hydrogen-bond donors (Lipinski definition) is 1. The van der Waals surface area contributed by atoms with Crippen molar-refractivity contribution in [3.8, 4) is 0 Å². The molecular weight excluding hydrogens is 214 g/mol. The van der Waals surface area contributed by atoms with Crippen LogP contribution in [0.15, 0.2) is 24.3 Å². The third kappa shape index (κ3) is 2.68. The smallest absolute Gasteiger partial charge is 0.207 e. The predicted octanol–water partition coefficient (Wildman–Crippen LogP) is 2.19. The Morgan fingerprint density at radius 3 is 2.35 bits per heavy atom. The Labute approximate surface area is 103 Å². The molecule has 0 atom stereocenters. The van der Waals surface area contributed by atoms with Crippen LogP contribution in [-0.4, -0.2) is 19.8 Å². The van der Waals surface area contributed by atoms with E-state index < -0.39 is 5.79 Å². The third-order valence-corrected chi connectivity index (χ3v) is 3.16. The maximum atomic E-state index is 5.82. The zero-order chi connectivity index (χ0) is 12.1. The zero-order valence-electron chi connectivity index (χ0n) is 10.4.